The summed E-state index contributed by atoms with van der Waals surface area (Å²) < 4.78 is 0. The Morgan fingerprint density at radius 1 is 1.41 bits per heavy atom. The number of aliphatic carboxylic acids is 1. The smallest absolute Gasteiger partial charge is 0.320 e. The van der Waals surface area contributed by atoms with Gasteiger partial charge >= 0.3 is 5.97 Å². The number of carboxylic acids is 1. The van der Waals surface area contributed by atoms with E-state index in [1.54, 1.807) is 17.4 Å². The van der Waals surface area contributed by atoms with Gasteiger partial charge < -0.3 is 10.8 Å². The summed E-state index contributed by atoms with van der Waals surface area (Å²) in [6.45, 7) is 0. The first kappa shape index (κ1) is 11.8. The molecule has 88 valence electrons. The third kappa shape index (κ3) is 2.89. The fraction of sp³-hybridized carbons (Fsp3) is 0.167. The molecule has 0 saturated carbocycles. The molecule has 4 nitrogen and oxygen atoms in total. The summed E-state index contributed by atoms with van der Waals surface area (Å²) in [5, 5.41) is 10.7. The summed E-state index contributed by atoms with van der Waals surface area (Å²) in [5.74, 6) is -1.01. The van der Waals surface area contributed by atoms with E-state index in [-0.39, 0.29) is 6.42 Å². The molecule has 0 aromatic carbocycles. The Morgan fingerprint density at radius 3 is 2.88 bits per heavy atom. The van der Waals surface area contributed by atoms with Gasteiger partial charge in [-0.25, -0.2) is 0 Å². The van der Waals surface area contributed by atoms with Gasteiger partial charge in [0.15, 0.2) is 0 Å². The largest absolute Gasteiger partial charge is 0.480 e. The molecule has 0 aliphatic carbocycles. The van der Waals surface area contributed by atoms with Crippen LogP contribution >= 0.6 is 11.3 Å². The van der Waals surface area contributed by atoms with Gasteiger partial charge in [0, 0.05) is 12.1 Å². The first-order chi connectivity index (χ1) is 8.16. The minimum absolute atomic E-state index is 0.245. The van der Waals surface area contributed by atoms with Gasteiger partial charge in [-0.3, -0.25) is 9.78 Å². The van der Waals surface area contributed by atoms with E-state index in [0.29, 0.717) is 5.69 Å². The topological polar surface area (TPSA) is 76.2 Å². The second kappa shape index (κ2) is 5.07. The molecule has 0 saturated heterocycles. The summed E-state index contributed by atoms with van der Waals surface area (Å²) in [4.78, 5) is 16.1. The van der Waals surface area contributed by atoms with Crippen molar-refractivity contribution in [1.82, 2.24) is 4.98 Å². The number of nitrogens with zero attached hydrogens (tertiary/aromatic N) is 1. The Kier molecular flexibility index (Phi) is 3.51. The first-order valence-corrected chi connectivity index (χ1v) is 6.03. The van der Waals surface area contributed by atoms with Crippen LogP contribution in [0.3, 0.4) is 0 Å². The Hall–Kier alpha value is -1.72. The number of thiophene rings is 1. The number of nitrogens with two attached hydrogens (primary N) is 1. The normalized spacial score (nSPS) is 12.3. The standard InChI is InChI=1S/C12H12N2O2S/c13-9(12(15)16)7-8-3-1-4-10(14-8)11-5-2-6-17-11/h1-6,9H,7,13H2,(H,15,16). The minimum atomic E-state index is -1.01. The highest BCUT2D eigenvalue weighted by Gasteiger charge is 2.13. The van der Waals surface area contributed by atoms with Crippen molar-refractivity contribution >= 4 is 17.3 Å². The van der Waals surface area contributed by atoms with Crippen molar-refractivity contribution in [3.05, 3.63) is 41.4 Å². The minimum Gasteiger partial charge on any atom is -0.480 e. The molecule has 5 heteroatoms. The van der Waals surface area contributed by atoms with Gasteiger partial charge in [0.05, 0.1) is 10.6 Å². The summed E-state index contributed by atoms with van der Waals surface area (Å²) in [5.41, 5.74) is 7.04. The van der Waals surface area contributed by atoms with Crippen molar-refractivity contribution < 1.29 is 9.90 Å². The molecule has 1 atom stereocenters. The average molecular weight is 248 g/mol. The third-order valence-corrected chi connectivity index (χ3v) is 3.22. The van der Waals surface area contributed by atoms with Gasteiger partial charge in [0.2, 0.25) is 0 Å². The number of rotatable bonds is 4. The molecule has 0 aliphatic heterocycles. The van der Waals surface area contributed by atoms with Crippen LogP contribution in [0.2, 0.25) is 0 Å². The van der Waals surface area contributed by atoms with Gasteiger partial charge in [-0.15, -0.1) is 11.3 Å². The van der Waals surface area contributed by atoms with Gasteiger partial charge in [0.25, 0.3) is 0 Å². The quantitative estimate of drug-likeness (QED) is 0.864. The van der Waals surface area contributed by atoms with Crippen molar-refractivity contribution in [2.45, 2.75) is 12.5 Å². The van der Waals surface area contributed by atoms with Crippen LogP contribution in [0.1, 0.15) is 5.69 Å². The highest BCUT2D eigenvalue weighted by atomic mass is 32.1. The summed E-state index contributed by atoms with van der Waals surface area (Å²) in [6, 6.07) is 8.60. The van der Waals surface area contributed by atoms with Crippen LogP contribution in [0.25, 0.3) is 10.6 Å². The maximum Gasteiger partial charge on any atom is 0.320 e. The highest BCUT2D eigenvalue weighted by molar-refractivity contribution is 7.13. The Balaban J connectivity index is 2.20. The lowest BCUT2D eigenvalue weighted by Gasteiger charge is -2.06. The second-order valence-corrected chi connectivity index (χ2v) is 4.59. The first-order valence-electron chi connectivity index (χ1n) is 5.15. The van der Waals surface area contributed by atoms with Gasteiger partial charge in [-0.2, -0.15) is 0 Å². The molecule has 0 spiro atoms. The van der Waals surface area contributed by atoms with Crippen LogP contribution in [-0.2, 0) is 11.2 Å². The SMILES string of the molecule is NC(Cc1cccc(-c2cccs2)n1)C(=O)O. The lowest BCUT2D eigenvalue weighted by atomic mass is 10.1. The van der Waals surface area contributed by atoms with Crippen LogP contribution in [-0.4, -0.2) is 22.1 Å². The van der Waals surface area contributed by atoms with E-state index in [0.717, 1.165) is 10.6 Å². The Morgan fingerprint density at radius 2 is 2.24 bits per heavy atom. The predicted molar refractivity (Wildman–Crippen MR) is 66.9 cm³/mol. The number of hydrogen-bond donors (Lipinski definition) is 2. The lowest BCUT2D eigenvalue weighted by Crippen LogP contribution is -2.32. The zero-order chi connectivity index (χ0) is 12.3. The number of pyridine rings is 1. The number of hydrogen-bond acceptors (Lipinski definition) is 4. The number of carbonyl (C=O) groups is 1. The van der Waals surface area contributed by atoms with Crippen LogP contribution in [0.15, 0.2) is 35.7 Å². The molecular weight excluding hydrogens is 236 g/mol. The van der Waals surface area contributed by atoms with Crippen molar-refractivity contribution in [3.63, 3.8) is 0 Å². The van der Waals surface area contributed by atoms with Crippen LogP contribution in [0, 0.1) is 0 Å². The van der Waals surface area contributed by atoms with E-state index in [1.807, 2.05) is 29.6 Å². The molecule has 0 fully saturated rings. The molecule has 2 rings (SSSR count). The summed E-state index contributed by atoms with van der Waals surface area (Å²) >= 11 is 1.60. The zero-order valence-corrected chi connectivity index (χ0v) is 9.85. The monoisotopic (exact) mass is 248 g/mol. The van der Waals surface area contributed by atoms with Crippen molar-refractivity contribution in [3.8, 4) is 10.6 Å². The molecule has 2 heterocycles. The average Bonchev–Trinajstić information content (AvgIpc) is 2.82. The van der Waals surface area contributed by atoms with E-state index in [4.69, 9.17) is 10.8 Å². The van der Waals surface area contributed by atoms with Crippen molar-refractivity contribution in [2.75, 3.05) is 0 Å². The number of aromatic nitrogens is 1. The Labute approximate surface area is 103 Å². The fourth-order valence-corrected chi connectivity index (χ4v) is 2.16. The van der Waals surface area contributed by atoms with Gasteiger partial charge in [0.1, 0.15) is 6.04 Å². The fourth-order valence-electron chi connectivity index (χ4n) is 1.47. The molecule has 3 N–H and O–H groups in total. The van der Waals surface area contributed by atoms with Gasteiger partial charge in [-0.05, 0) is 23.6 Å². The summed E-state index contributed by atoms with van der Waals surface area (Å²) in [7, 11) is 0. The number of carboxylic acid groups (broad SMARTS) is 1. The molecule has 17 heavy (non-hydrogen) atoms. The van der Waals surface area contributed by atoms with E-state index >= 15 is 0 Å². The molecular formula is C12H12N2O2S. The second-order valence-electron chi connectivity index (χ2n) is 3.64. The van der Waals surface area contributed by atoms with Gasteiger partial charge in [-0.1, -0.05) is 12.1 Å². The molecule has 0 bridgehead atoms. The van der Waals surface area contributed by atoms with E-state index < -0.39 is 12.0 Å². The van der Waals surface area contributed by atoms with E-state index in [2.05, 4.69) is 4.98 Å². The molecule has 1 unspecified atom stereocenters. The summed E-state index contributed by atoms with van der Waals surface area (Å²) in [6.07, 6.45) is 0.245. The predicted octanol–water partition coefficient (Wildman–Crippen LogP) is 1.76. The molecule has 0 aliphatic rings. The third-order valence-electron chi connectivity index (χ3n) is 2.33. The van der Waals surface area contributed by atoms with Crippen LogP contribution in [0.5, 0.6) is 0 Å². The Bertz CT molecular complexity index is 511. The van der Waals surface area contributed by atoms with Crippen LogP contribution in [0.4, 0.5) is 0 Å². The van der Waals surface area contributed by atoms with E-state index in [9.17, 15) is 4.79 Å². The lowest BCUT2D eigenvalue weighted by molar-refractivity contribution is -0.138. The zero-order valence-electron chi connectivity index (χ0n) is 9.04. The van der Waals surface area contributed by atoms with Crippen molar-refractivity contribution in [1.29, 1.82) is 0 Å². The maximum atomic E-state index is 10.7. The molecule has 2 aromatic heterocycles. The molecule has 0 radical (unpaired) electrons. The molecule has 2 aromatic rings. The van der Waals surface area contributed by atoms with E-state index in [1.165, 1.54) is 0 Å². The maximum absolute atomic E-state index is 10.7. The molecule has 0 amide bonds. The highest BCUT2D eigenvalue weighted by Crippen LogP contribution is 2.22. The van der Waals surface area contributed by atoms with Crippen LogP contribution < -0.4 is 5.73 Å². The van der Waals surface area contributed by atoms with Crippen molar-refractivity contribution in [2.24, 2.45) is 5.73 Å².